The van der Waals surface area contributed by atoms with Crippen molar-refractivity contribution >= 4 is 16.7 Å². The minimum Gasteiger partial charge on any atom is -0.373 e. The summed E-state index contributed by atoms with van der Waals surface area (Å²) in [4.78, 5) is 9.06. The van der Waals surface area contributed by atoms with Crippen LogP contribution in [0.1, 0.15) is 11.1 Å². The highest BCUT2D eigenvalue weighted by Gasteiger charge is 2.10. The number of hydrogen-bond donors (Lipinski definition) is 1. The van der Waals surface area contributed by atoms with Crippen LogP contribution in [0.3, 0.4) is 0 Å². The van der Waals surface area contributed by atoms with Crippen LogP contribution in [0, 0.1) is 19.7 Å². The van der Waals surface area contributed by atoms with Gasteiger partial charge in [-0.15, -0.1) is 0 Å². The summed E-state index contributed by atoms with van der Waals surface area (Å²) in [5.41, 5.74) is 3.84. The molecule has 0 unspecified atom stereocenters. The van der Waals surface area contributed by atoms with Crippen molar-refractivity contribution in [1.82, 2.24) is 9.97 Å². The summed E-state index contributed by atoms with van der Waals surface area (Å²) < 4.78 is 13.5. The molecule has 1 heterocycles. The van der Waals surface area contributed by atoms with Crippen LogP contribution in [0.2, 0.25) is 0 Å². The van der Waals surface area contributed by atoms with Gasteiger partial charge in [0.25, 0.3) is 0 Å². The van der Waals surface area contributed by atoms with Crippen LogP contribution < -0.4 is 5.32 Å². The second kappa shape index (κ2) is 5.13. The van der Waals surface area contributed by atoms with E-state index in [-0.39, 0.29) is 5.82 Å². The zero-order valence-electron chi connectivity index (χ0n) is 12.2. The van der Waals surface area contributed by atoms with Gasteiger partial charge in [0.05, 0.1) is 5.52 Å². The van der Waals surface area contributed by atoms with Crippen molar-refractivity contribution < 1.29 is 4.39 Å². The maximum Gasteiger partial charge on any atom is 0.162 e. The molecule has 106 valence electrons. The summed E-state index contributed by atoms with van der Waals surface area (Å²) in [6.45, 7) is 4.08. The van der Waals surface area contributed by atoms with E-state index in [4.69, 9.17) is 0 Å². The molecular weight excluding hydrogens is 265 g/mol. The largest absolute Gasteiger partial charge is 0.373 e. The molecule has 0 spiro atoms. The monoisotopic (exact) mass is 281 g/mol. The average molecular weight is 281 g/mol. The molecule has 0 fully saturated rings. The Morgan fingerprint density at radius 2 is 1.67 bits per heavy atom. The molecule has 0 radical (unpaired) electrons. The van der Waals surface area contributed by atoms with Crippen LogP contribution in [-0.2, 0) is 0 Å². The Balaban J connectivity index is 2.27. The predicted octanol–water partition coefficient (Wildman–Crippen LogP) is 4.09. The van der Waals surface area contributed by atoms with Crippen molar-refractivity contribution in [2.75, 3.05) is 12.4 Å². The van der Waals surface area contributed by atoms with Gasteiger partial charge in [0.1, 0.15) is 11.6 Å². The second-order valence-corrected chi connectivity index (χ2v) is 5.18. The van der Waals surface area contributed by atoms with E-state index in [1.54, 1.807) is 13.1 Å². The van der Waals surface area contributed by atoms with E-state index in [1.165, 1.54) is 12.1 Å². The highest BCUT2D eigenvalue weighted by atomic mass is 19.1. The van der Waals surface area contributed by atoms with Crippen molar-refractivity contribution in [1.29, 1.82) is 0 Å². The number of aromatic nitrogens is 2. The predicted molar refractivity (Wildman–Crippen MR) is 84.0 cm³/mol. The molecule has 0 saturated carbocycles. The second-order valence-electron chi connectivity index (χ2n) is 5.18. The lowest BCUT2D eigenvalue weighted by molar-refractivity contribution is 0.629. The summed E-state index contributed by atoms with van der Waals surface area (Å²) in [6.07, 6.45) is 0. The molecule has 21 heavy (non-hydrogen) atoms. The lowest BCUT2D eigenvalue weighted by Crippen LogP contribution is -1.99. The number of anilines is 1. The van der Waals surface area contributed by atoms with E-state index in [0.29, 0.717) is 17.2 Å². The van der Waals surface area contributed by atoms with Crippen molar-refractivity contribution in [3.8, 4) is 11.4 Å². The first-order chi connectivity index (χ1) is 10.1. The van der Waals surface area contributed by atoms with Gasteiger partial charge in [0.2, 0.25) is 0 Å². The lowest BCUT2D eigenvalue weighted by atomic mass is 10.1. The van der Waals surface area contributed by atoms with Crippen molar-refractivity contribution in [3.63, 3.8) is 0 Å². The molecular formula is C17H16FN3. The molecule has 0 aliphatic heterocycles. The number of halogens is 1. The maximum atomic E-state index is 13.5. The van der Waals surface area contributed by atoms with Gasteiger partial charge in [-0.25, -0.2) is 14.4 Å². The maximum absolute atomic E-state index is 13.5. The van der Waals surface area contributed by atoms with Gasteiger partial charge in [0.15, 0.2) is 5.82 Å². The molecule has 3 rings (SSSR count). The Labute approximate surface area is 122 Å². The first-order valence-electron chi connectivity index (χ1n) is 6.80. The molecule has 2 aromatic carbocycles. The van der Waals surface area contributed by atoms with E-state index in [0.717, 1.165) is 22.1 Å². The topological polar surface area (TPSA) is 37.8 Å². The molecule has 4 heteroatoms. The third kappa shape index (κ3) is 2.57. The van der Waals surface area contributed by atoms with Crippen LogP contribution >= 0.6 is 0 Å². The Hall–Kier alpha value is -2.49. The van der Waals surface area contributed by atoms with E-state index >= 15 is 0 Å². The Bertz CT molecular complexity index is 807. The fraction of sp³-hybridized carbons (Fsp3) is 0.176. The molecule has 0 atom stereocenters. The van der Waals surface area contributed by atoms with Gasteiger partial charge in [0, 0.05) is 24.1 Å². The zero-order chi connectivity index (χ0) is 15.0. The zero-order valence-corrected chi connectivity index (χ0v) is 12.2. The standard InChI is InChI=1S/C17H16FN3/c1-10-6-11(2)8-12(7-10)16-20-15-9-13(18)4-5-14(15)17(19-3)21-16/h4-9H,1-3H3,(H,19,20,21). The quantitative estimate of drug-likeness (QED) is 0.768. The van der Waals surface area contributed by atoms with Gasteiger partial charge in [-0.1, -0.05) is 17.2 Å². The van der Waals surface area contributed by atoms with Gasteiger partial charge >= 0.3 is 0 Å². The molecule has 1 aromatic heterocycles. The summed E-state index contributed by atoms with van der Waals surface area (Å²) in [6, 6.07) is 10.7. The molecule has 1 N–H and O–H groups in total. The number of nitrogens with zero attached hydrogens (tertiary/aromatic N) is 2. The molecule has 3 nitrogen and oxygen atoms in total. The minimum atomic E-state index is -0.297. The van der Waals surface area contributed by atoms with Crippen molar-refractivity contribution in [2.24, 2.45) is 0 Å². The number of nitrogens with one attached hydrogen (secondary N) is 1. The Morgan fingerprint density at radius 1 is 0.952 bits per heavy atom. The van der Waals surface area contributed by atoms with Crippen LogP contribution in [0.15, 0.2) is 36.4 Å². The first kappa shape index (κ1) is 13.5. The fourth-order valence-electron chi connectivity index (χ4n) is 2.53. The number of rotatable bonds is 2. The number of hydrogen-bond acceptors (Lipinski definition) is 3. The van der Waals surface area contributed by atoms with E-state index in [9.17, 15) is 4.39 Å². The van der Waals surface area contributed by atoms with Gasteiger partial charge in [-0.05, 0) is 38.1 Å². The third-order valence-electron chi connectivity index (χ3n) is 3.38. The molecule has 0 aliphatic rings. The highest BCUT2D eigenvalue weighted by molar-refractivity contribution is 5.90. The van der Waals surface area contributed by atoms with Crippen molar-refractivity contribution in [2.45, 2.75) is 13.8 Å². The molecule has 0 saturated heterocycles. The number of benzene rings is 2. The normalized spacial score (nSPS) is 10.9. The highest BCUT2D eigenvalue weighted by Crippen LogP contribution is 2.26. The van der Waals surface area contributed by atoms with Gasteiger partial charge in [-0.2, -0.15) is 0 Å². The summed E-state index contributed by atoms with van der Waals surface area (Å²) in [5, 5.41) is 3.87. The van der Waals surface area contributed by atoms with E-state index < -0.39 is 0 Å². The third-order valence-corrected chi connectivity index (χ3v) is 3.38. The lowest BCUT2D eigenvalue weighted by Gasteiger charge is -2.09. The van der Waals surface area contributed by atoms with E-state index in [2.05, 4.69) is 21.4 Å². The van der Waals surface area contributed by atoms with Crippen LogP contribution in [0.5, 0.6) is 0 Å². The van der Waals surface area contributed by atoms with Gasteiger partial charge in [-0.3, -0.25) is 0 Å². The smallest absolute Gasteiger partial charge is 0.162 e. The summed E-state index contributed by atoms with van der Waals surface area (Å²) in [5.74, 6) is 1.01. The Morgan fingerprint density at radius 3 is 2.33 bits per heavy atom. The molecule has 0 amide bonds. The number of aryl methyl sites for hydroxylation is 2. The molecule has 0 aliphatic carbocycles. The molecule has 0 bridgehead atoms. The summed E-state index contributed by atoms with van der Waals surface area (Å²) in [7, 11) is 1.80. The van der Waals surface area contributed by atoms with Crippen molar-refractivity contribution in [3.05, 3.63) is 53.3 Å². The average Bonchev–Trinajstić information content (AvgIpc) is 2.44. The fourth-order valence-corrected chi connectivity index (χ4v) is 2.53. The molecule has 3 aromatic rings. The van der Waals surface area contributed by atoms with Gasteiger partial charge < -0.3 is 5.32 Å². The SMILES string of the molecule is CNc1nc(-c2cc(C)cc(C)c2)nc2cc(F)ccc12. The first-order valence-corrected chi connectivity index (χ1v) is 6.80. The summed E-state index contributed by atoms with van der Waals surface area (Å²) >= 11 is 0. The minimum absolute atomic E-state index is 0.297. The van der Waals surface area contributed by atoms with Crippen LogP contribution in [0.4, 0.5) is 10.2 Å². The number of fused-ring (bicyclic) bond motifs is 1. The Kier molecular flexibility index (Phi) is 3.29. The van der Waals surface area contributed by atoms with Crippen LogP contribution in [-0.4, -0.2) is 17.0 Å². The van der Waals surface area contributed by atoms with Crippen LogP contribution in [0.25, 0.3) is 22.3 Å². The van der Waals surface area contributed by atoms with E-state index in [1.807, 2.05) is 26.0 Å².